The highest BCUT2D eigenvalue weighted by Crippen LogP contribution is 2.46. The monoisotopic (exact) mass is 395 g/mol. The molecule has 1 atom stereocenters. The topological polar surface area (TPSA) is 65.4 Å². The number of hydrogen-bond acceptors (Lipinski definition) is 5. The summed E-state index contributed by atoms with van der Waals surface area (Å²) in [6, 6.07) is 15.5. The molecular formula is C21H21N3O3S. The van der Waals surface area contributed by atoms with Crippen LogP contribution in [0.2, 0.25) is 0 Å². The van der Waals surface area contributed by atoms with E-state index in [0.717, 1.165) is 34.0 Å². The molecule has 0 saturated carbocycles. The van der Waals surface area contributed by atoms with Crippen LogP contribution in [-0.4, -0.2) is 35.7 Å². The van der Waals surface area contributed by atoms with Crippen LogP contribution in [0.25, 0.3) is 5.69 Å². The molecule has 1 N–H and O–H groups in total. The molecule has 1 aromatic heterocycles. The number of para-hydroxylation sites is 1. The Hall–Kier alpha value is -2.93. The number of rotatable bonds is 4. The molecule has 0 spiro atoms. The lowest BCUT2D eigenvalue weighted by molar-refractivity contribution is -0.113. The molecule has 3 aromatic rings. The Morgan fingerprint density at radius 3 is 2.57 bits per heavy atom. The second-order valence-corrected chi connectivity index (χ2v) is 7.53. The van der Waals surface area contributed by atoms with Crippen LogP contribution in [-0.2, 0) is 4.79 Å². The fourth-order valence-electron chi connectivity index (χ4n) is 3.42. The first kappa shape index (κ1) is 18.4. The maximum Gasteiger partial charge on any atom is 0.235 e. The zero-order valence-electron chi connectivity index (χ0n) is 15.9. The third-order valence-electron chi connectivity index (χ3n) is 4.75. The maximum absolute atomic E-state index is 12.4. The minimum absolute atomic E-state index is 0.0432. The highest BCUT2D eigenvalue weighted by atomic mass is 32.2. The van der Waals surface area contributed by atoms with Crippen molar-refractivity contribution < 1.29 is 14.3 Å². The molecule has 0 bridgehead atoms. The number of aromatic nitrogens is 2. The number of ether oxygens (including phenoxy) is 2. The van der Waals surface area contributed by atoms with Gasteiger partial charge in [0, 0.05) is 11.1 Å². The number of methoxy groups -OCH3 is 2. The normalized spacial score (nSPS) is 16.1. The third-order valence-corrected chi connectivity index (χ3v) is 6.00. The molecule has 0 saturated heterocycles. The van der Waals surface area contributed by atoms with Crippen LogP contribution in [0.3, 0.4) is 0 Å². The minimum atomic E-state index is -0.0582. The van der Waals surface area contributed by atoms with Gasteiger partial charge in [0.05, 0.1) is 36.6 Å². The Morgan fingerprint density at radius 1 is 1.11 bits per heavy atom. The number of fused-ring (bicyclic) bond motifs is 1. The van der Waals surface area contributed by atoms with Gasteiger partial charge in [-0.1, -0.05) is 18.2 Å². The molecule has 0 aliphatic carbocycles. The van der Waals surface area contributed by atoms with E-state index in [-0.39, 0.29) is 11.2 Å². The summed E-state index contributed by atoms with van der Waals surface area (Å²) in [5.74, 6) is 2.59. The fraction of sp³-hybridized carbons (Fsp3) is 0.238. The quantitative estimate of drug-likeness (QED) is 0.724. The summed E-state index contributed by atoms with van der Waals surface area (Å²) in [5, 5.41) is 7.72. The number of aryl methyl sites for hydroxylation is 1. The van der Waals surface area contributed by atoms with Crippen LogP contribution in [0.4, 0.5) is 5.82 Å². The van der Waals surface area contributed by atoms with Crippen LogP contribution >= 0.6 is 11.8 Å². The van der Waals surface area contributed by atoms with E-state index in [1.807, 2.05) is 55.5 Å². The average Bonchev–Trinajstić information content (AvgIpc) is 2.93. The zero-order valence-corrected chi connectivity index (χ0v) is 16.7. The minimum Gasteiger partial charge on any atom is -0.497 e. The summed E-state index contributed by atoms with van der Waals surface area (Å²) in [7, 11) is 3.30. The number of carbonyl (C=O) groups excluding carboxylic acids is 1. The first-order chi connectivity index (χ1) is 13.6. The van der Waals surface area contributed by atoms with Crippen LogP contribution in [0, 0.1) is 6.92 Å². The van der Waals surface area contributed by atoms with Crippen molar-refractivity contribution in [3.05, 3.63) is 65.4 Å². The van der Waals surface area contributed by atoms with Crippen molar-refractivity contribution in [2.24, 2.45) is 0 Å². The molecule has 4 rings (SSSR count). The van der Waals surface area contributed by atoms with Gasteiger partial charge in [-0.15, -0.1) is 11.8 Å². The molecule has 1 aliphatic heterocycles. The number of nitrogens with one attached hydrogen (secondary N) is 1. The lowest BCUT2D eigenvalue weighted by Crippen LogP contribution is -2.15. The molecule has 2 aromatic carbocycles. The van der Waals surface area contributed by atoms with Crippen LogP contribution in [0.15, 0.2) is 48.5 Å². The number of nitrogens with zero attached hydrogens (tertiary/aromatic N) is 2. The van der Waals surface area contributed by atoms with Crippen molar-refractivity contribution >= 4 is 23.5 Å². The van der Waals surface area contributed by atoms with Gasteiger partial charge in [0.1, 0.15) is 17.3 Å². The van der Waals surface area contributed by atoms with Crippen molar-refractivity contribution in [1.29, 1.82) is 0 Å². The highest BCUT2D eigenvalue weighted by molar-refractivity contribution is 8.00. The standard InChI is InChI=1S/C21H21N3O3S/c1-13-19-20(16-6-4-5-7-17(16)27-3)28-12-18(25)22-21(19)24(23-13)14-8-10-15(26-2)11-9-14/h4-11,20H,12H2,1-3H3,(H,22,25)/t20-/m0/s1. The first-order valence-electron chi connectivity index (χ1n) is 8.90. The Kier molecular flexibility index (Phi) is 5.00. The van der Waals surface area contributed by atoms with Crippen LogP contribution in [0.5, 0.6) is 11.5 Å². The number of benzene rings is 2. The molecule has 0 unspecified atom stereocenters. The van der Waals surface area contributed by atoms with E-state index in [1.54, 1.807) is 30.7 Å². The van der Waals surface area contributed by atoms with Gasteiger partial charge in [0.2, 0.25) is 5.91 Å². The summed E-state index contributed by atoms with van der Waals surface area (Å²) in [6.45, 7) is 1.97. The van der Waals surface area contributed by atoms with Crippen molar-refractivity contribution in [2.45, 2.75) is 12.2 Å². The van der Waals surface area contributed by atoms with Crippen molar-refractivity contribution in [1.82, 2.24) is 9.78 Å². The maximum atomic E-state index is 12.4. The molecule has 144 valence electrons. The van der Waals surface area contributed by atoms with E-state index < -0.39 is 0 Å². The number of amides is 1. The molecule has 1 aliphatic rings. The number of carbonyl (C=O) groups is 1. The average molecular weight is 395 g/mol. The van der Waals surface area contributed by atoms with Crippen molar-refractivity contribution in [2.75, 3.05) is 25.3 Å². The number of anilines is 1. The van der Waals surface area contributed by atoms with E-state index in [1.165, 1.54) is 0 Å². The second kappa shape index (κ2) is 7.59. The first-order valence-corrected chi connectivity index (χ1v) is 9.95. The van der Waals surface area contributed by atoms with Gasteiger partial charge in [-0.3, -0.25) is 4.79 Å². The largest absolute Gasteiger partial charge is 0.497 e. The van der Waals surface area contributed by atoms with E-state index in [0.29, 0.717) is 11.6 Å². The molecule has 0 radical (unpaired) electrons. The van der Waals surface area contributed by atoms with E-state index in [4.69, 9.17) is 14.6 Å². The van der Waals surface area contributed by atoms with E-state index in [2.05, 4.69) is 5.32 Å². The SMILES string of the molecule is COc1ccc(-n2nc(C)c3c2NC(=O)CS[C@H]3c2ccccc2OC)cc1. The van der Waals surface area contributed by atoms with Crippen LogP contribution in [0.1, 0.15) is 22.1 Å². The Balaban J connectivity index is 1.87. The van der Waals surface area contributed by atoms with Gasteiger partial charge < -0.3 is 14.8 Å². The van der Waals surface area contributed by atoms with Crippen molar-refractivity contribution in [3.63, 3.8) is 0 Å². The molecule has 1 amide bonds. The predicted molar refractivity (Wildman–Crippen MR) is 111 cm³/mol. The fourth-order valence-corrected chi connectivity index (χ4v) is 4.64. The summed E-state index contributed by atoms with van der Waals surface area (Å²) in [4.78, 5) is 12.4. The molecular weight excluding hydrogens is 374 g/mol. The van der Waals surface area contributed by atoms with Crippen molar-refractivity contribution in [3.8, 4) is 17.2 Å². The van der Waals surface area contributed by atoms with E-state index in [9.17, 15) is 4.79 Å². The predicted octanol–water partition coefficient (Wildman–Crippen LogP) is 3.97. The Bertz CT molecular complexity index is 1010. The summed E-state index contributed by atoms with van der Waals surface area (Å²) >= 11 is 1.58. The number of hydrogen-bond donors (Lipinski definition) is 1. The van der Waals surface area contributed by atoms with Gasteiger partial charge in [-0.2, -0.15) is 5.10 Å². The van der Waals surface area contributed by atoms with Gasteiger partial charge in [0.15, 0.2) is 0 Å². The van der Waals surface area contributed by atoms with Crippen LogP contribution < -0.4 is 14.8 Å². The highest BCUT2D eigenvalue weighted by Gasteiger charge is 2.32. The molecule has 0 fully saturated rings. The zero-order chi connectivity index (χ0) is 19.7. The molecule has 6 nitrogen and oxygen atoms in total. The Morgan fingerprint density at radius 2 is 1.86 bits per heavy atom. The van der Waals surface area contributed by atoms with Gasteiger partial charge >= 0.3 is 0 Å². The third kappa shape index (κ3) is 3.22. The summed E-state index contributed by atoms with van der Waals surface area (Å²) < 4.78 is 12.6. The molecule has 28 heavy (non-hydrogen) atoms. The smallest absolute Gasteiger partial charge is 0.235 e. The van der Waals surface area contributed by atoms with Gasteiger partial charge in [-0.25, -0.2) is 4.68 Å². The molecule has 2 heterocycles. The summed E-state index contributed by atoms with van der Waals surface area (Å²) in [5.41, 5.74) is 3.76. The van der Waals surface area contributed by atoms with Gasteiger partial charge in [-0.05, 0) is 37.3 Å². The Labute approximate surface area is 167 Å². The molecule has 7 heteroatoms. The number of thioether (sulfide) groups is 1. The van der Waals surface area contributed by atoms with Gasteiger partial charge in [0.25, 0.3) is 0 Å². The summed E-state index contributed by atoms with van der Waals surface area (Å²) in [6.07, 6.45) is 0. The second-order valence-electron chi connectivity index (χ2n) is 6.44. The lowest BCUT2D eigenvalue weighted by Gasteiger charge is -2.18. The lowest BCUT2D eigenvalue weighted by atomic mass is 10.0. The van der Waals surface area contributed by atoms with E-state index >= 15 is 0 Å².